The van der Waals surface area contributed by atoms with Crippen LogP contribution in [0.3, 0.4) is 0 Å². The van der Waals surface area contributed by atoms with Crippen LogP contribution in [0.5, 0.6) is 0 Å². The average Bonchev–Trinajstić information content (AvgIpc) is 2.76. The SMILES string of the molecule is CSCCCC(NC(C)C)c1nc(C(C)(C)C)cs1. The van der Waals surface area contributed by atoms with Crippen molar-refractivity contribution in [3.05, 3.63) is 16.1 Å². The minimum absolute atomic E-state index is 0.149. The van der Waals surface area contributed by atoms with E-state index in [0.717, 1.165) is 0 Å². The van der Waals surface area contributed by atoms with Crippen molar-refractivity contribution in [2.45, 2.75) is 65.0 Å². The van der Waals surface area contributed by atoms with E-state index in [2.05, 4.69) is 51.6 Å². The second-order valence-electron chi connectivity index (χ2n) is 6.33. The van der Waals surface area contributed by atoms with E-state index in [4.69, 9.17) is 4.98 Å². The summed E-state index contributed by atoms with van der Waals surface area (Å²) in [6.07, 6.45) is 4.60. The zero-order valence-corrected chi connectivity index (χ0v) is 14.8. The van der Waals surface area contributed by atoms with Crippen molar-refractivity contribution in [3.8, 4) is 0 Å². The van der Waals surface area contributed by atoms with E-state index in [1.807, 2.05) is 11.8 Å². The molecule has 110 valence electrons. The number of hydrogen-bond donors (Lipinski definition) is 1. The van der Waals surface area contributed by atoms with Crippen LogP contribution in [0, 0.1) is 0 Å². The van der Waals surface area contributed by atoms with E-state index in [9.17, 15) is 0 Å². The number of thioether (sulfide) groups is 1. The Morgan fingerprint density at radius 3 is 2.53 bits per heavy atom. The fourth-order valence-corrected chi connectivity index (χ4v) is 3.50. The summed E-state index contributed by atoms with van der Waals surface area (Å²) in [7, 11) is 0. The summed E-state index contributed by atoms with van der Waals surface area (Å²) in [6.45, 7) is 11.1. The Balaban J connectivity index is 2.76. The molecule has 1 aromatic heterocycles. The zero-order chi connectivity index (χ0) is 14.5. The highest BCUT2D eigenvalue weighted by molar-refractivity contribution is 7.98. The number of nitrogens with one attached hydrogen (secondary N) is 1. The van der Waals surface area contributed by atoms with Crippen molar-refractivity contribution in [3.63, 3.8) is 0 Å². The molecule has 1 rings (SSSR count). The number of thiazole rings is 1. The van der Waals surface area contributed by atoms with Gasteiger partial charge in [0.1, 0.15) is 5.01 Å². The monoisotopic (exact) mass is 300 g/mol. The number of hydrogen-bond acceptors (Lipinski definition) is 4. The number of nitrogens with zero attached hydrogens (tertiary/aromatic N) is 1. The first-order valence-electron chi connectivity index (χ1n) is 7.05. The first-order valence-corrected chi connectivity index (χ1v) is 9.33. The molecule has 1 atom stereocenters. The van der Waals surface area contributed by atoms with E-state index >= 15 is 0 Å². The topological polar surface area (TPSA) is 24.9 Å². The molecule has 2 nitrogen and oxygen atoms in total. The Hall–Kier alpha value is -0.0600. The highest BCUT2D eigenvalue weighted by Gasteiger charge is 2.21. The fourth-order valence-electron chi connectivity index (χ4n) is 1.90. The van der Waals surface area contributed by atoms with Gasteiger partial charge in [-0.3, -0.25) is 0 Å². The second kappa shape index (κ2) is 7.65. The third kappa shape index (κ3) is 5.84. The Kier molecular flexibility index (Phi) is 6.84. The van der Waals surface area contributed by atoms with Gasteiger partial charge in [0.2, 0.25) is 0 Å². The van der Waals surface area contributed by atoms with Crippen molar-refractivity contribution in [2.24, 2.45) is 0 Å². The molecule has 0 bridgehead atoms. The molecule has 19 heavy (non-hydrogen) atoms. The summed E-state index contributed by atoms with van der Waals surface area (Å²) in [5.74, 6) is 1.23. The van der Waals surface area contributed by atoms with Crippen LogP contribution in [0.15, 0.2) is 5.38 Å². The lowest BCUT2D eigenvalue weighted by molar-refractivity contribution is 0.445. The van der Waals surface area contributed by atoms with Gasteiger partial charge in [0.25, 0.3) is 0 Å². The summed E-state index contributed by atoms with van der Waals surface area (Å²) < 4.78 is 0. The van der Waals surface area contributed by atoms with Gasteiger partial charge in [-0.1, -0.05) is 34.6 Å². The predicted molar refractivity (Wildman–Crippen MR) is 89.4 cm³/mol. The van der Waals surface area contributed by atoms with Crippen LogP contribution in [-0.4, -0.2) is 23.0 Å². The van der Waals surface area contributed by atoms with E-state index in [1.54, 1.807) is 11.3 Å². The lowest BCUT2D eigenvalue weighted by Crippen LogP contribution is -2.28. The summed E-state index contributed by atoms with van der Waals surface area (Å²) in [5.41, 5.74) is 1.36. The molecule has 0 radical (unpaired) electrons. The Morgan fingerprint density at radius 1 is 1.37 bits per heavy atom. The van der Waals surface area contributed by atoms with Crippen LogP contribution in [0.4, 0.5) is 0 Å². The molecule has 1 heterocycles. The van der Waals surface area contributed by atoms with Gasteiger partial charge in [0, 0.05) is 16.8 Å². The molecule has 0 amide bonds. The summed E-state index contributed by atoms with van der Waals surface area (Å²) in [6, 6.07) is 0.912. The third-order valence-electron chi connectivity index (χ3n) is 2.96. The quantitative estimate of drug-likeness (QED) is 0.744. The molecule has 1 unspecified atom stereocenters. The Bertz CT molecular complexity index is 366. The van der Waals surface area contributed by atoms with Gasteiger partial charge in [0.15, 0.2) is 0 Å². The smallest absolute Gasteiger partial charge is 0.110 e. The van der Waals surface area contributed by atoms with E-state index in [1.165, 1.54) is 29.3 Å². The number of aromatic nitrogens is 1. The lowest BCUT2D eigenvalue weighted by atomic mass is 9.93. The molecule has 0 aromatic carbocycles. The first kappa shape index (κ1) is 17.0. The Labute approximate surface area is 126 Å². The van der Waals surface area contributed by atoms with Gasteiger partial charge in [-0.2, -0.15) is 11.8 Å². The van der Waals surface area contributed by atoms with E-state index in [-0.39, 0.29) is 5.41 Å². The molecule has 0 aliphatic rings. The van der Waals surface area contributed by atoms with Crippen LogP contribution in [0.1, 0.15) is 64.2 Å². The minimum Gasteiger partial charge on any atom is -0.306 e. The van der Waals surface area contributed by atoms with Crippen LogP contribution in [0.25, 0.3) is 0 Å². The van der Waals surface area contributed by atoms with Gasteiger partial charge in [-0.05, 0) is 24.9 Å². The van der Waals surface area contributed by atoms with Gasteiger partial charge in [0.05, 0.1) is 11.7 Å². The summed E-state index contributed by atoms with van der Waals surface area (Å²) >= 11 is 3.73. The highest BCUT2D eigenvalue weighted by Crippen LogP contribution is 2.29. The molecule has 1 N–H and O–H groups in total. The van der Waals surface area contributed by atoms with Crippen molar-refractivity contribution in [2.75, 3.05) is 12.0 Å². The third-order valence-corrected chi connectivity index (χ3v) is 4.62. The molecule has 4 heteroatoms. The van der Waals surface area contributed by atoms with Gasteiger partial charge >= 0.3 is 0 Å². The predicted octanol–water partition coefficient (Wildman–Crippen LogP) is 4.62. The van der Waals surface area contributed by atoms with E-state index in [0.29, 0.717) is 12.1 Å². The normalized spacial score (nSPS) is 14.1. The molecule has 1 aromatic rings. The van der Waals surface area contributed by atoms with Crippen LogP contribution < -0.4 is 5.32 Å². The van der Waals surface area contributed by atoms with Crippen molar-refractivity contribution in [1.29, 1.82) is 0 Å². The largest absolute Gasteiger partial charge is 0.306 e. The molecule has 0 saturated carbocycles. The second-order valence-corrected chi connectivity index (χ2v) is 8.21. The molecule has 0 aliphatic heterocycles. The van der Waals surface area contributed by atoms with Crippen molar-refractivity contribution >= 4 is 23.1 Å². The molecule has 0 saturated heterocycles. The fraction of sp³-hybridized carbons (Fsp3) is 0.800. The first-order chi connectivity index (χ1) is 8.84. The molecule has 0 spiro atoms. The van der Waals surface area contributed by atoms with E-state index < -0.39 is 0 Å². The lowest BCUT2D eigenvalue weighted by Gasteiger charge is -2.20. The van der Waals surface area contributed by atoms with Crippen LogP contribution >= 0.6 is 23.1 Å². The van der Waals surface area contributed by atoms with Crippen molar-refractivity contribution < 1.29 is 0 Å². The zero-order valence-electron chi connectivity index (χ0n) is 13.1. The highest BCUT2D eigenvalue weighted by atomic mass is 32.2. The van der Waals surface area contributed by atoms with Gasteiger partial charge in [-0.25, -0.2) is 4.98 Å². The average molecular weight is 301 g/mol. The van der Waals surface area contributed by atoms with Crippen LogP contribution in [0.2, 0.25) is 0 Å². The standard InChI is InChI=1S/C15H28N2S2/c1-11(2)16-12(8-7-9-18-6)14-17-13(10-19-14)15(3,4)5/h10-12,16H,7-9H2,1-6H3. The number of rotatable bonds is 7. The Morgan fingerprint density at radius 2 is 2.05 bits per heavy atom. The molecule has 0 aliphatic carbocycles. The maximum atomic E-state index is 4.86. The summed E-state index contributed by atoms with van der Waals surface area (Å²) in [4.78, 5) is 4.86. The summed E-state index contributed by atoms with van der Waals surface area (Å²) in [5, 5.41) is 7.13. The van der Waals surface area contributed by atoms with Crippen LogP contribution in [-0.2, 0) is 5.41 Å². The van der Waals surface area contributed by atoms with Gasteiger partial charge < -0.3 is 5.32 Å². The molecular weight excluding hydrogens is 272 g/mol. The van der Waals surface area contributed by atoms with Crippen molar-refractivity contribution in [1.82, 2.24) is 10.3 Å². The van der Waals surface area contributed by atoms with Gasteiger partial charge in [-0.15, -0.1) is 11.3 Å². The molecular formula is C15H28N2S2. The maximum absolute atomic E-state index is 4.86. The minimum atomic E-state index is 0.149. The molecule has 0 fully saturated rings. The maximum Gasteiger partial charge on any atom is 0.110 e.